The molecule has 1 aliphatic heterocycles. The Morgan fingerprint density at radius 2 is 2.32 bits per heavy atom. The van der Waals surface area contributed by atoms with E-state index in [1.54, 1.807) is 0 Å². The number of nitrogens with zero attached hydrogens (tertiary/aromatic N) is 2. The Hall–Kier alpha value is -1.39. The standard InChI is InChI=1S/C14H17ClN4/c15-12-5-1-3-10(7-12)8-13-17-14(19-18-13)11-4-2-6-16-9-11/h1,3,5,7,11,16H,2,4,6,8-9H2,(H,17,18,19). The fourth-order valence-corrected chi connectivity index (χ4v) is 2.70. The Morgan fingerprint density at radius 3 is 3.11 bits per heavy atom. The van der Waals surface area contributed by atoms with E-state index in [2.05, 4.69) is 26.6 Å². The van der Waals surface area contributed by atoms with Crippen molar-refractivity contribution >= 4 is 11.6 Å². The maximum atomic E-state index is 5.98. The molecule has 19 heavy (non-hydrogen) atoms. The van der Waals surface area contributed by atoms with Crippen molar-refractivity contribution in [1.82, 2.24) is 20.5 Å². The van der Waals surface area contributed by atoms with Gasteiger partial charge in [0.2, 0.25) is 0 Å². The molecule has 0 amide bonds. The molecule has 1 aromatic heterocycles. The van der Waals surface area contributed by atoms with Crippen LogP contribution in [0.1, 0.15) is 36.0 Å². The Kier molecular flexibility index (Phi) is 3.80. The lowest BCUT2D eigenvalue weighted by Gasteiger charge is -2.19. The fourth-order valence-electron chi connectivity index (χ4n) is 2.48. The van der Waals surface area contributed by atoms with Gasteiger partial charge in [0, 0.05) is 23.9 Å². The molecule has 1 unspecified atom stereocenters. The number of aromatic amines is 1. The zero-order valence-corrected chi connectivity index (χ0v) is 11.5. The molecule has 0 radical (unpaired) electrons. The van der Waals surface area contributed by atoms with Crippen LogP contribution in [0.5, 0.6) is 0 Å². The Bertz CT molecular complexity index is 546. The predicted molar refractivity (Wildman–Crippen MR) is 75.5 cm³/mol. The Balaban J connectivity index is 1.70. The molecule has 1 aliphatic rings. The topological polar surface area (TPSA) is 53.6 Å². The zero-order chi connectivity index (χ0) is 13.1. The van der Waals surface area contributed by atoms with Crippen LogP contribution in [0.4, 0.5) is 0 Å². The van der Waals surface area contributed by atoms with Crippen molar-refractivity contribution in [1.29, 1.82) is 0 Å². The Labute approximate surface area is 117 Å². The van der Waals surface area contributed by atoms with Crippen LogP contribution in [0.25, 0.3) is 0 Å². The lowest BCUT2D eigenvalue weighted by molar-refractivity contribution is 0.447. The second kappa shape index (κ2) is 5.72. The summed E-state index contributed by atoms with van der Waals surface area (Å²) in [4.78, 5) is 4.61. The van der Waals surface area contributed by atoms with E-state index in [0.717, 1.165) is 41.7 Å². The first-order chi connectivity index (χ1) is 9.31. The summed E-state index contributed by atoms with van der Waals surface area (Å²) in [5, 5.41) is 11.5. The third-order valence-electron chi connectivity index (χ3n) is 3.47. The van der Waals surface area contributed by atoms with Gasteiger partial charge in [-0.3, -0.25) is 5.10 Å². The predicted octanol–water partition coefficient (Wildman–Crippen LogP) is 2.52. The molecule has 0 spiro atoms. The number of rotatable bonds is 3. The van der Waals surface area contributed by atoms with Crippen LogP contribution >= 0.6 is 11.6 Å². The minimum Gasteiger partial charge on any atom is -0.316 e. The molecule has 0 saturated carbocycles. The van der Waals surface area contributed by atoms with Gasteiger partial charge in [0.1, 0.15) is 5.82 Å². The maximum absolute atomic E-state index is 5.98. The van der Waals surface area contributed by atoms with Crippen molar-refractivity contribution in [3.8, 4) is 0 Å². The number of aromatic nitrogens is 3. The SMILES string of the molecule is Clc1cccc(Cc2nc(C3CCCNC3)n[nH]2)c1. The van der Waals surface area contributed by atoms with E-state index in [1.165, 1.54) is 12.8 Å². The van der Waals surface area contributed by atoms with Gasteiger partial charge in [0.25, 0.3) is 0 Å². The van der Waals surface area contributed by atoms with Gasteiger partial charge < -0.3 is 5.32 Å². The van der Waals surface area contributed by atoms with Gasteiger partial charge in [0.15, 0.2) is 5.82 Å². The monoisotopic (exact) mass is 276 g/mol. The highest BCUT2D eigenvalue weighted by atomic mass is 35.5. The van der Waals surface area contributed by atoms with Crippen molar-refractivity contribution in [3.05, 3.63) is 46.5 Å². The fraction of sp³-hybridized carbons (Fsp3) is 0.429. The number of hydrogen-bond acceptors (Lipinski definition) is 3. The van der Waals surface area contributed by atoms with Crippen LogP contribution in [0.3, 0.4) is 0 Å². The normalized spacial score (nSPS) is 19.5. The quantitative estimate of drug-likeness (QED) is 0.906. The largest absolute Gasteiger partial charge is 0.316 e. The van der Waals surface area contributed by atoms with E-state index < -0.39 is 0 Å². The van der Waals surface area contributed by atoms with Crippen LogP contribution in [0.2, 0.25) is 5.02 Å². The molecule has 2 N–H and O–H groups in total. The zero-order valence-electron chi connectivity index (χ0n) is 10.7. The van der Waals surface area contributed by atoms with E-state index in [-0.39, 0.29) is 0 Å². The smallest absolute Gasteiger partial charge is 0.155 e. The van der Waals surface area contributed by atoms with Crippen molar-refractivity contribution in [3.63, 3.8) is 0 Å². The molecule has 1 atom stereocenters. The summed E-state index contributed by atoms with van der Waals surface area (Å²) in [6.45, 7) is 2.09. The van der Waals surface area contributed by atoms with Crippen molar-refractivity contribution in [2.75, 3.05) is 13.1 Å². The lowest BCUT2D eigenvalue weighted by Crippen LogP contribution is -2.28. The number of piperidine rings is 1. The van der Waals surface area contributed by atoms with Crippen LogP contribution in [-0.4, -0.2) is 28.3 Å². The molecule has 2 heterocycles. The second-order valence-electron chi connectivity index (χ2n) is 4.99. The van der Waals surface area contributed by atoms with Crippen LogP contribution in [0, 0.1) is 0 Å². The van der Waals surface area contributed by atoms with Gasteiger partial charge in [0.05, 0.1) is 0 Å². The summed E-state index contributed by atoms with van der Waals surface area (Å²) >= 11 is 5.98. The summed E-state index contributed by atoms with van der Waals surface area (Å²) in [5.74, 6) is 2.28. The summed E-state index contributed by atoms with van der Waals surface area (Å²) in [6, 6.07) is 7.85. The lowest BCUT2D eigenvalue weighted by atomic mass is 9.99. The van der Waals surface area contributed by atoms with E-state index in [0.29, 0.717) is 5.92 Å². The van der Waals surface area contributed by atoms with E-state index >= 15 is 0 Å². The van der Waals surface area contributed by atoms with E-state index in [9.17, 15) is 0 Å². The number of H-pyrrole nitrogens is 1. The third-order valence-corrected chi connectivity index (χ3v) is 3.71. The van der Waals surface area contributed by atoms with Crippen molar-refractivity contribution < 1.29 is 0 Å². The third kappa shape index (κ3) is 3.14. The van der Waals surface area contributed by atoms with Gasteiger partial charge in [-0.2, -0.15) is 5.10 Å². The summed E-state index contributed by atoms with van der Waals surface area (Å²) in [7, 11) is 0. The first-order valence-corrected chi connectivity index (χ1v) is 7.05. The maximum Gasteiger partial charge on any atom is 0.155 e. The molecule has 1 fully saturated rings. The Morgan fingerprint density at radius 1 is 1.37 bits per heavy atom. The molecule has 100 valence electrons. The van der Waals surface area contributed by atoms with Crippen LogP contribution < -0.4 is 5.32 Å². The molecular formula is C14H17ClN4. The minimum atomic E-state index is 0.443. The highest BCUT2D eigenvalue weighted by molar-refractivity contribution is 6.30. The van der Waals surface area contributed by atoms with Crippen LogP contribution in [-0.2, 0) is 6.42 Å². The summed E-state index contributed by atoms with van der Waals surface area (Å²) in [6.07, 6.45) is 3.11. The van der Waals surface area contributed by atoms with E-state index in [4.69, 9.17) is 11.6 Å². The van der Waals surface area contributed by atoms with Gasteiger partial charge in [-0.25, -0.2) is 4.98 Å². The molecule has 0 aliphatic carbocycles. The number of halogens is 1. The average Bonchev–Trinajstić information content (AvgIpc) is 2.88. The van der Waals surface area contributed by atoms with Gasteiger partial charge in [-0.1, -0.05) is 23.7 Å². The first-order valence-electron chi connectivity index (χ1n) is 6.67. The van der Waals surface area contributed by atoms with Gasteiger partial charge >= 0.3 is 0 Å². The molecule has 3 rings (SSSR count). The summed E-state index contributed by atoms with van der Waals surface area (Å²) < 4.78 is 0. The number of nitrogens with one attached hydrogen (secondary N) is 2. The summed E-state index contributed by atoms with van der Waals surface area (Å²) in [5.41, 5.74) is 1.15. The second-order valence-corrected chi connectivity index (χ2v) is 5.43. The minimum absolute atomic E-state index is 0.443. The molecule has 1 aromatic carbocycles. The molecular weight excluding hydrogens is 260 g/mol. The first kappa shape index (κ1) is 12.6. The molecule has 0 bridgehead atoms. The van der Waals surface area contributed by atoms with Gasteiger partial charge in [-0.15, -0.1) is 0 Å². The molecule has 1 saturated heterocycles. The molecule has 5 heteroatoms. The van der Waals surface area contributed by atoms with Crippen molar-refractivity contribution in [2.45, 2.75) is 25.2 Å². The number of hydrogen-bond donors (Lipinski definition) is 2. The van der Waals surface area contributed by atoms with Crippen LogP contribution in [0.15, 0.2) is 24.3 Å². The van der Waals surface area contributed by atoms with Crippen molar-refractivity contribution in [2.24, 2.45) is 0 Å². The molecule has 4 nitrogen and oxygen atoms in total. The van der Waals surface area contributed by atoms with Gasteiger partial charge in [-0.05, 0) is 37.1 Å². The molecule has 2 aromatic rings. The highest BCUT2D eigenvalue weighted by Crippen LogP contribution is 2.20. The highest BCUT2D eigenvalue weighted by Gasteiger charge is 2.19. The number of benzene rings is 1. The average molecular weight is 277 g/mol. The van der Waals surface area contributed by atoms with E-state index in [1.807, 2.05) is 18.2 Å².